The molecule has 0 aliphatic carbocycles. The first-order valence-electron chi connectivity index (χ1n) is 27.2. The van der Waals surface area contributed by atoms with E-state index in [4.69, 9.17) is 10.2 Å². The fourth-order valence-corrected chi connectivity index (χ4v) is 10.5. The standard InChI is InChI=1S/2C29H31FN4O3.C4H4O4/c2*1-19-12-26(35)28(31-16-19)29(37)34-10-6-20(7-11-34)14-27(36)32-25-8-9-33(18-25)17-21-2-3-23-15-24(30)5-4-22(23)13-21;5-3(6)1-2-4(7)8/h2*2-5,12-16,25,35H,6-11,17-18H2,1H3,(H,32,36);1-2H,(H,5,6)(H,7,8)/b;;2-1+/t2*25-;/m11./s1. The van der Waals surface area contributed by atoms with Crippen LogP contribution >= 0.6 is 0 Å². The van der Waals surface area contributed by atoms with Crippen LogP contribution in [0, 0.1) is 25.5 Å². The van der Waals surface area contributed by atoms with Crippen molar-refractivity contribution in [1.29, 1.82) is 0 Å². The third kappa shape index (κ3) is 16.8. The van der Waals surface area contributed by atoms with Crippen molar-refractivity contribution >= 4 is 57.1 Å². The lowest BCUT2D eigenvalue weighted by Gasteiger charge is -2.28. The summed E-state index contributed by atoms with van der Waals surface area (Å²) in [6.45, 7) is 10.5. The summed E-state index contributed by atoms with van der Waals surface area (Å²) in [6, 6.07) is 25.1. The van der Waals surface area contributed by atoms with Gasteiger partial charge >= 0.3 is 11.9 Å². The molecule has 2 aromatic heterocycles. The van der Waals surface area contributed by atoms with E-state index >= 15 is 0 Å². The SMILES string of the molecule is Cc1cnc(C(=O)N2CCC(=CC(=O)N[C@@H]3CCN(Cc4ccc5cc(F)ccc5c4)C3)CC2)c(O)c1.Cc1cnc(C(=O)N2CCC(=CC(=O)N[C@@H]3CCN(Cc4ccc5cc(F)ccc5c4)C3)CC2)c(O)c1.O=C(O)/C=C/C(=O)O. The minimum atomic E-state index is -1.26. The van der Waals surface area contributed by atoms with Crippen molar-refractivity contribution in [3.8, 4) is 11.5 Å². The molecule has 4 aliphatic heterocycles. The Hall–Kier alpha value is -8.88. The molecule has 4 saturated heterocycles. The second-order valence-corrected chi connectivity index (χ2v) is 21.1. The number of aromatic nitrogens is 2. The maximum Gasteiger partial charge on any atom is 0.328 e. The van der Waals surface area contributed by atoms with Crippen molar-refractivity contribution in [2.24, 2.45) is 0 Å². The van der Waals surface area contributed by atoms with Crippen molar-refractivity contribution in [3.05, 3.63) is 178 Å². The summed E-state index contributed by atoms with van der Waals surface area (Å²) in [5.41, 5.74) is 6.10. The van der Waals surface area contributed by atoms with Crippen molar-refractivity contribution < 1.29 is 58.0 Å². The number of aliphatic carboxylic acids is 2. The molecule has 82 heavy (non-hydrogen) atoms. The number of nitrogens with one attached hydrogen (secondary N) is 2. The number of hydrogen-bond acceptors (Lipinski definition) is 12. The molecule has 6 aromatic rings. The van der Waals surface area contributed by atoms with Crippen LogP contribution in [0.15, 0.2) is 133 Å². The predicted octanol–water partition coefficient (Wildman–Crippen LogP) is 7.59. The van der Waals surface area contributed by atoms with Gasteiger partial charge in [0.05, 0.1) is 0 Å². The Balaban J connectivity index is 0.000000190. The predicted molar refractivity (Wildman–Crippen MR) is 304 cm³/mol. The minimum Gasteiger partial charge on any atom is -0.505 e. The van der Waals surface area contributed by atoms with Gasteiger partial charge in [0, 0.05) is 114 Å². The minimum absolute atomic E-state index is 0.0687. The maximum atomic E-state index is 13.4. The molecule has 20 heteroatoms. The van der Waals surface area contributed by atoms with Crippen molar-refractivity contribution in [3.63, 3.8) is 0 Å². The van der Waals surface area contributed by atoms with Crippen LogP contribution in [-0.4, -0.2) is 150 Å². The molecule has 428 valence electrons. The van der Waals surface area contributed by atoms with Crippen LogP contribution in [0.2, 0.25) is 0 Å². The highest BCUT2D eigenvalue weighted by atomic mass is 19.1. The Kier molecular flexibility index (Phi) is 19.9. The zero-order chi connectivity index (χ0) is 58.5. The smallest absolute Gasteiger partial charge is 0.328 e. The van der Waals surface area contributed by atoms with Crippen LogP contribution < -0.4 is 10.6 Å². The molecule has 4 fully saturated rings. The number of aromatic hydroxyl groups is 2. The quantitative estimate of drug-likeness (QED) is 0.0647. The first-order chi connectivity index (χ1) is 39.3. The molecule has 4 aliphatic rings. The summed E-state index contributed by atoms with van der Waals surface area (Å²) in [6.07, 6.45) is 11.9. The van der Waals surface area contributed by atoms with Gasteiger partial charge in [-0.15, -0.1) is 0 Å². The molecular formula is C62H66F2N8O10. The Labute approximate surface area is 473 Å². The summed E-state index contributed by atoms with van der Waals surface area (Å²) in [5, 5.41) is 45.8. The molecular weight excluding hydrogens is 1050 g/mol. The monoisotopic (exact) mass is 1120 g/mol. The molecule has 18 nitrogen and oxygen atoms in total. The molecule has 0 radical (unpaired) electrons. The van der Waals surface area contributed by atoms with Gasteiger partial charge in [-0.05, 0) is 145 Å². The van der Waals surface area contributed by atoms with Gasteiger partial charge in [-0.2, -0.15) is 0 Å². The van der Waals surface area contributed by atoms with Crippen LogP contribution in [0.1, 0.15) is 81.8 Å². The number of hydrogen-bond donors (Lipinski definition) is 6. The number of carboxylic acid groups (broad SMARTS) is 2. The van der Waals surface area contributed by atoms with Crippen LogP contribution in [0.4, 0.5) is 8.78 Å². The van der Waals surface area contributed by atoms with Crippen LogP contribution in [-0.2, 0) is 32.3 Å². The zero-order valence-corrected chi connectivity index (χ0v) is 45.7. The van der Waals surface area contributed by atoms with E-state index < -0.39 is 11.9 Å². The number of benzene rings is 4. The number of carbonyl (C=O) groups excluding carboxylic acids is 4. The highest BCUT2D eigenvalue weighted by molar-refractivity contribution is 5.96. The highest BCUT2D eigenvalue weighted by Crippen LogP contribution is 2.26. The molecule has 0 spiro atoms. The summed E-state index contributed by atoms with van der Waals surface area (Å²) in [4.78, 5) is 86.0. The summed E-state index contributed by atoms with van der Waals surface area (Å²) in [7, 11) is 0. The molecule has 4 amide bonds. The lowest BCUT2D eigenvalue weighted by molar-refractivity contribution is -0.134. The summed E-state index contributed by atoms with van der Waals surface area (Å²) >= 11 is 0. The van der Waals surface area contributed by atoms with E-state index in [1.165, 1.54) is 35.4 Å². The number of piperidine rings is 2. The van der Waals surface area contributed by atoms with E-state index in [1.807, 2.05) is 38.1 Å². The van der Waals surface area contributed by atoms with Crippen molar-refractivity contribution in [2.45, 2.75) is 77.5 Å². The van der Waals surface area contributed by atoms with Crippen LogP contribution in [0.5, 0.6) is 11.5 Å². The van der Waals surface area contributed by atoms with Crippen LogP contribution in [0.3, 0.4) is 0 Å². The highest BCUT2D eigenvalue weighted by Gasteiger charge is 2.28. The topological polar surface area (TPSA) is 246 Å². The van der Waals surface area contributed by atoms with E-state index in [1.54, 1.807) is 58.6 Å². The second-order valence-electron chi connectivity index (χ2n) is 21.1. The molecule has 0 saturated carbocycles. The Morgan fingerprint density at radius 2 is 0.902 bits per heavy atom. The number of carboxylic acids is 2. The van der Waals surface area contributed by atoms with Gasteiger partial charge in [-0.25, -0.2) is 28.3 Å². The maximum absolute atomic E-state index is 13.4. The first kappa shape index (κ1) is 59.2. The average Bonchev–Trinajstić information content (AvgIpc) is 4.13. The molecule has 10 rings (SSSR count). The molecule has 2 atom stereocenters. The average molecular weight is 1120 g/mol. The molecule has 4 aromatic carbocycles. The number of nitrogens with zero attached hydrogens (tertiary/aromatic N) is 6. The van der Waals surface area contributed by atoms with E-state index in [0.29, 0.717) is 64.0 Å². The number of carbonyl (C=O) groups is 6. The lowest BCUT2D eigenvalue weighted by atomic mass is 10.0. The number of amides is 4. The zero-order valence-electron chi connectivity index (χ0n) is 45.7. The lowest BCUT2D eigenvalue weighted by Crippen LogP contribution is -2.38. The van der Waals surface area contributed by atoms with Crippen molar-refractivity contribution in [2.75, 3.05) is 52.4 Å². The number of pyridine rings is 2. The van der Waals surface area contributed by atoms with Gasteiger partial charge in [0.1, 0.15) is 23.1 Å². The van der Waals surface area contributed by atoms with Gasteiger partial charge in [-0.3, -0.25) is 29.0 Å². The molecule has 0 unspecified atom stereocenters. The number of halogens is 2. The molecule has 0 bridgehead atoms. The normalized spacial score (nSPS) is 17.4. The van der Waals surface area contributed by atoms with Gasteiger partial charge in [0.15, 0.2) is 11.4 Å². The third-order valence-electron chi connectivity index (χ3n) is 14.6. The molecule has 6 N–H and O–H groups in total. The summed E-state index contributed by atoms with van der Waals surface area (Å²) < 4.78 is 26.8. The third-order valence-corrected chi connectivity index (χ3v) is 14.6. The summed E-state index contributed by atoms with van der Waals surface area (Å²) in [5.74, 6) is -3.94. The Bertz CT molecular complexity index is 3230. The van der Waals surface area contributed by atoms with E-state index in [0.717, 1.165) is 95.9 Å². The molecule has 6 heterocycles. The number of fused-ring (bicyclic) bond motifs is 2. The fraction of sp³-hybridized carbons (Fsp3) is 0.323. The van der Waals surface area contributed by atoms with Gasteiger partial charge in [0.2, 0.25) is 11.8 Å². The van der Waals surface area contributed by atoms with E-state index in [-0.39, 0.29) is 70.2 Å². The van der Waals surface area contributed by atoms with Crippen LogP contribution in [0.25, 0.3) is 21.5 Å². The fourth-order valence-electron chi connectivity index (χ4n) is 10.5. The van der Waals surface area contributed by atoms with E-state index in [9.17, 15) is 47.8 Å². The van der Waals surface area contributed by atoms with Gasteiger partial charge < -0.3 is 40.9 Å². The largest absolute Gasteiger partial charge is 0.505 e. The first-order valence-corrected chi connectivity index (χ1v) is 27.2. The Morgan fingerprint density at radius 3 is 1.27 bits per heavy atom. The van der Waals surface area contributed by atoms with Gasteiger partial charge in [-0.1, -0.05) is 47.5 Å². The second kappa shape index (κ2) is 27.5. The Morgan fingerprint density at radius 1 is 0.537 bits per heavy atom. The number of aryl methyl sites for hydroxylation is 2. The number of likely N-dealkylation sites (tertiary alicyclic amines) is 4. The van der Waals surface area contributed by atoms with Crippen molar-refractivity contribution in [1.82, 2.24) is 40.2 Å². The number of rotatable bonds is 12. The van der Waals surface area contributed by atoms with Gasteiger partial charge in [0.25, 0.3) is 11.8 Å². The van der Waals surface area contributed by atoms with E-state index in [2.05, 4.69) is 42.5 Å².